The molecule has 2 nitrogen and oxygen atoms in total. The Morgan fingerprint density at radius 2 is 2.18 bits per heavy atom. The summed E-state index contributed by atoms with van der Waals surface area (Å²) in [6, 6.07) is 1.18. The van der Waals surface area contributed by atoms with Crippen molar-refractivity contribution in [3.05, 3.63) is 0 Å². The van der Waals surface area contributed by atoms with E-state index in [-0.39, 0.29) is 0 Å². The van der Waals surface area contributed by atoms with Gasteiger partial charge in [0, 0.05) is 18.7 Å². The fraction of sp³-hybridized carbons (Fsp3) is 1.00. The smallest absolute Gasteiger partial charge is 0.0619 e. The van der Waals surface area contributed by atoms with Crippen LogP contribution in [0.4, 0.5) is 0 Å². The molecule has 0 amide bonds. The number of rotatable bonds is 2. The van der Waals surface area contributed by atoms with Crippen LogP contribution in [-0.4, -0.2) is 25.3 Å². The standard InChI is InChI=1S/C9H19NO/c1-8(2)10-9-5-3-4-6-11-7-9/h8-10H,3-7H2,1-2H3. The Morgan fingerprint density at radius 1 is 1.36 bits per heavy atom. The predicted octanol–water partition coefficient (Wildman–Crippen LogP) is 1.55. The molecule has 1 aliphatic heterocycles. The Morgan fingerprint density at radius 3 is 2.91 bits per heavy atom. The molecule has 1 atom stereocenters. The average Bonchev–Trinajstić information content (AvgIpc) is 2.14. The molecule has 0 aromatic carbocycles. The minimum Gasteiger partial charge on any atom is -0.380 e. The van der Waals surface area contributed by atoms with E-state index in [4.69, 9.17) is 4.74 Å². The van der Waals surface area contributed by atoms with E-state index in [2.05, 4.69) is 19.2 Å². The molecule has 0 saturated carbocycles. The molecule has 1 unspecified atom stereocenters. The van der Waals surface area contributed by atoms with Gasteiger partial charge < -0.3 is 10.1 Å². The van der Waals surface area contributed by atoms with Crippen molar-refractivity contribution in [2.24, 2.45) is 0 Å². The fourth-order valence-electron chi connectivity index (χ4n) is 1.51. The number of hydrogen-bond acceptors (Lipinski definition) is 2. The van der Waals surface area contributed by atoms with Gasteiger partial charge in [-0.1, -0.05) is 13.8 Å². The van der Waals surface area contributed by atoms with Gasteiger partial charge in [0.25, 0.3) is 0 Å². The first-order valence-electron chi connectivity index (χ1n) is 4.63. The predicted molar refractivity (Wildman–Crippen MR) is 46.7 cm³/mol. The van der Waals surface area contributed by atoms with Gasteiger partial charge in [-0.25, -0.2) is 0 Å². The molecular formula is C9H19NO. The van der Waals surface area contributed by atoms with Crippen molar-refractivity contribution in [1.82, 2.24) is 5.32 Å². The van der Waals surface area contributed by atoms with Gasteiger partial charge in [0.05, 0.1) is 6.61 Å². The van der Waals surface area contributed by atoms with Crippen molar-refractivity contribution in [3.8, 4) is 0 Å². The molecule has 1 fully saturated rings. The first kappa shape index (κ1) is 9.01. The van der Waals surface area contributed by atoms with Gasteiger partial charge in [-0.15, -0.1) is 0 Å². The summed E-state index contributed by atoms with van der Waals surface area (Å²) in [7, 11) is 0. The Hall–Kier alpha value is -0.0800. The lowest BCUT2D eigenvalue weighted by Gasteiger charge is -2.18. The molecule has 0 spiro atoms. The van der Waals surface area contributed by atoms with Crippen LogP contribution in [0.15, 0.2) is 0 Å². The van der Waals surface area contributed by atoms with Crippen LogP contribution in [0.5, 0.6) is 0 Å². The molecule has 0 aliphatic carbocycles. The third kappa shape index (κ3) is 3.73. The minimum absolute atomic E-state index is 0.585. The molecule has 0 aromatic heterocycles. The quantitative estimate of drug-likeness (QED) is 0.656. The zero-order chi connectivity index (χ0) is 8.10. The zero-order valence-corrected chi connectivity index (χ0v) is 7.60. The largest absolute Gasteiger partial charge is 0.380 e. The molecule has 2 heteroatoms. The summed E-state index contributed by atoms with van der Waals surface area (Å²) in [6.07, 6.45) is 3.82. The Labute approximate surface area is 69.3 Å². The third-order valence-electron chi connectivity index (χ3n) is 1.98. The number of ether oxygens (including phenoxy) is 1. The Kier molecular flexibility index (Phi) is 3.87. The van der Waals surface area contributed by atoms with Crippen LogP contribution in [0.2, 0.25) is 0 Å². The Bertz CT molecular complexity index is 95.7. The SMILES string of the molecule is CC(C)NC1CCCCOC1. The van der Waals surface area contributed by atoms with E-state index < -0.39 is 0 Å². The van der Waals surface area contributed by atoms with E-state index in [0.717, 1.165) is 13.2 Å². The lowest BCUT2D eigenvalue weighted by Crippen LogP contribution is -2.37. The van der Waals surface area contributed by atoms with Gasteiger partial charge in [-0.2, -0.15) is 0 Å². The van der Waals surface area contributed by atoms with Crippen LogP contribution in [0.3, 0.4) is 0 Å². The highest BCUT2D eigenvalue weighted by Gasteiger charge is 2.12. The number of nitrogens with one attached hydrogen (secondary N) is 1. The maximum Gasteiger partial charge on any atom is 0.0619 e. The molecule has 0 radical (unpaired) electrons. The summed E-state index contributed by atoms with van der Waals surface area (Å²) in [5.74, 6) is 0. The summed E-state index contributed by atoms with van der Waals surface area (Å²) in [6.45, 7) is 6.23. The summed E-state index contributed by atoms with van der Waals surface area (Å²) in [4.78, 5) is 0. The van der Waals surface area contributed by atoms with Crippen LogP contribution in [0.25, 0.3) is 0 Å². The van der Waals surface area contributed by atoms with Crippen LogP contribution in [0, 0.1) is 0 Å². The molecule has 1 saturated heterocycles. The average molecular weight is 157 g/mol. The van der Waals surface area contributed by atoms with Crippen LogP contribution in [0.1, 0.15) is 33.1 Å². The van der Waals surface area contributed by atoms with Crippen LogP contribution in [-0.2, 0) is 4.74 Å². The normalized spacial score (nSPS) is 27.0. The van der Waals surface area contributed by atoms with Gasteiger partial charge >= 0.3 is 0 Å². The maximum absolute atomic E-state index is 5.45. The summed E-state index contributed by atoms with van der Waals surface area (Å²) < 4.78 is 5.45. The lowest BCUT2D eigenvalue weighted by atomic mass is 10.1. The molecule has 0 aromatic rings. The van der Waals surface area contributed by atoms with E-state index >= 15 is 0 Å². The van der Waals surface area contributed by atoms with Crippen molar-refractivity contribution in [2.75, 3.05) is 13.2 Å². The van der Waals surface area contributed by atoms with Gasteiger partial charge in [0.15, 0.2) is 0 Å². The second kappa shape index (κ2) is 4.73. The summed E-state index contributed by atoms with van der Waals surface area (Å²) in [5, 5.41) is 3.50. The van der Waals surface area contributed by atoms with E-state index in [1.807, 2.05) is 0 Å². The molecule has 1 N–H and O–H groups in total. The van der Waals surface area contributed by atoms with Crippen LogP contribution >= 0.6 is 0 Å². The maximum atomic E-state index is 5.45. The minimum atomic E-state index is 0.585. The molecule has 0 bridgehead atoms. The first-order chi connectivity index (χ1) is 5.29. The Balaban J connectivity index is 2.20. The topological polar surface area (TPSA) is 21.3 Å². The van der Waals surface area contributed by atoms with Crippen molar-refractivity contribution < 1.29 is 4.74 Å². The third-order valence-corrected chi connectivity index (χ3v) is 1.98. The zero-order valence-electron chi connectivity index (χ0n) is 7.60. The van der Waals surface area contributed by atoms with E-state index in [1.54, 1.807) is 0 Å². The lowest BCUT2D eigenvalue weighted by molar-refractivity contribution is 0.124. The van der Waals surface area contributed by atoms with Crippen LogP contribution < -0.4 is 5.32 Å². The van der Waals surface area contributed by atoms with Gasteiger partial charge in [-0.05, 0) is 19.3 Å². The summed E-state index contributed by atoms with van der Waals surface area (Å²) >= 11 is 0. The van der Waals surface area contributed by atoms with E-state index in [9.17, 15) is 0 Å². The molecule has 1 heterocycles. The van der Waals surface area contributed by atoms with Crippen molar-refractivity contribution >= 4 is 0 Å². The van der Waals surface area contributed by atoms with Crippen molar-refractivity contribution in [2.45, 2.75) is 45.2 Å². The second-order valence-electron chi connectivity index (χ2n) is 3.59. The van der Waals surface area contributed by atoms with E-state index in [0.29, 0.717) is 12.1 Å². The molecular weight excluding hydrogens is 138 g/mol. The fourth-order valence-corrected chi connectivity index (χ4v) is 1.51. The van der Waals surface area contributed by atoms with Gasteiger partial charge in [0.1, 0.15) is 0 Å². The monoisotopic (exact) mass is 157 g/mol. The highest BCUT2D eigenvalue weighted by Crippen LogP contribution is 2.07. The second-order valence-corrected chi connectivity index (χ2v) is 3.59. The highest BCUT2D eigenvalue weighted by atomic mass is 16.5. The molecule has 66 valence electrons. The molecule has 1 aliphatic rings. The van der Waals surface area contributed by atoms with Crippen molar-refractivity contribution in [1.29, 1.82) is 0 Å². The highest BCUT2D eigenvalue weighted by molar-refractivity contribution is 4.70. The molecule has 1 rings (SSSR count). The van der Waals surface area contributed by atoms with Crippen molar-refractivity contribution in [3.63, 3.8) is 0 Å². The van der Waals surface area contributed by atoms with Gasteiger partial charge in [-0.3, -0.25) is 0 Å². The van der Waals surface area contributed by atoms with E-state index in [1.165, 1.54) is 19.3 Å². The number of hydrogen-bond donors (Lipinski definition) is 1. The summed E-state index contributed by atoms with van der Waals surface area (Å²) in [5.41, 5.74) is 0. The first-order valence-corrected chi connectivity index (χ1v) is 4.63. The van der Waals surface area contributed by atoms with Gasteiger partial charge in [0.2, 0.25) is 0 Å². The molecule has 11 heavy (non-hydrogen) atoms.